The van der Waals surface area contributed by atoms with Gasteiger partial charge in [0.2, 0.25) is 0 Å². The molecule has 0 aliphatic rings. The quantitative estimate of drug-likeness (QED) is 0.594. The van der Waals surface area contributed by atoms with Crippen LogP contribution in [-0.4, -0.2) is 25.0 Å². The maximum Gasteiger partial charge on any atom is 0.147 e. The van der Waals surface area contributed by atoms with E-state index in [0.717, 1.165) is 29.6 Å². The number of rotatable bonds is 6. The number of fused-ring (bicyclic) bond motifs is 1. The number of alkyl halides is 1. The number of benzene rings is 1. The monoisotopic (exact) mass is 333 g/mol. The van der Waals surface area contributed by atoms with Gasteiger partial charge in [0.1, 0.15) is 9.84 Å². The van der Waals surface area contributed by atoms with Crippen molar-refractivity contribution in [2.24, 2.45) is 0 Å². The third-order valence-electron chi connectivity index (χ3n) is 3.23. The Bertz CT molecular complexity index is 707. The van der Waals surface area contributed by atoms with Crippen LogP contribution < -0.4 is 0 Å². The van der Waals surface area contributed by atoms with Gasteiger partial charge < -0.3 is 4.57 Å². The molecule has 0 saturated carbocycles. The number of halogens is 2. The van der Waals surface area contributed by atoms with Gasteiger partial charge >= 0.3 is 0 Å². The smallest absolute Gasteiger partial charge is 0.147 e. The summed E-state index contributed by atoms with van der Waals surface area (Å²) in [6, 6.07) is 7.78. The summed E-state index contributed by atoms with van der Waals surface area (Å²) in [4.78, 5) is 0. The Hall–Kier alpha value is -0.710. The van der Waals surface area contributed by atoms with Crippen LogP contribution in [0.25, 0.3) is 10.9 Å². The average Bonchev–Trinajstić information content (AvgIpc) is 2.70. The number of hydrogen-bond donors (Lipinski definition) is 0. The molecule has 3 nitrogen and oxygen atoms in total. The summed E-state index contributed by atoms with van der Waals surface area (Å²) in [5, 5.41) is 1.77. The third kappa shape index (κ3) is 3.90. The Morgan fingerprint density at radius 1 is 1.20 bits per heavy atom. The lowest BCUT2D eigenvalue weighted by Gasteiger charge is -2.09. The highest BCUT2D eigenvalue weighted by molar-refractivity contribution is 7.90. The Kier molecular flexibility index (Phi) is 4.99. The average molecular weight is 334 g/mol. The topological polar surface area (TPSA) is 39.1 Å². The van der Waals surface area contributed by atoms with Crippen molar-refractivity contribution in [3.8, 4) is 0 Å². The molecule has 0 amide bonds. The molecular formula is C14H17Cl2NO2S. The molecule has 0 aliphatic heterocycles. The summed E-state index contributed by atoms with van der Waals surface area (Å²) in [5.74, 6) is 0.659. The van der Waals surface area contributed by atoms with E-state index in [1.165, 1.54) is 6.26 Å². The van der Waals surface area contributed by atoms with E-state index in [4.69, 9.17) is 23.2 Å². The maximum atomic E-state index is 11.1. The fourth-order valence-electron chi connectivity index (χ4n) is 2.31. The van der Waals surface area contributed by atoms with Gasteiger partial charge in [-0.15, -0.1) is 11.6 Å². The van der Waals surface area contributed by atoms with E-state index in [0.29, 0.717) is 17.3 Å². The first kappa shape index (κ1) is 15.7. The largest absolute Gasteiger partial charge is 0.343 e. The lowest BCUT2D eigenvalue weighted by molar-refractivity contribution is 0.589. The highest BCUT2D eigenvalue weighted by Gasteiger charge is 2.09. The fraction of sp³-hybridized carbons (Fsp3) is 0.429. The molecule has 6 heteroatoms. The van der Waals surface area contributed by atoms with Gasteiger partial charge in [-0.3, -0.25) is 0 Å². The van der Waals surface area contributed by atoms with Gasteiger partial charge in [0.15, 0.2) is 0 Å². The molecule has 1 aromatic carbocycles. The van der Waals surface area contributed by atoms with Crippen molar-refractivity contribution in [1.82, 2.24) is 4.57 Å². The van der Waals surface area contributed by atoms with Gasteiger partial charge in [-0.1, -0.05) is 11.6 Å². The van der Waals surface area contributed by atoms with Crippen LogP contribution in [0.1, 0.15) is 18.5 Å². The lowest BCUT2D eigenvalue weighted by Crippen LogP contribution is -2.06. The van der Waals surface area contributed by atoms with Crippen LogP contribution in [0.15, 0.2) is 24.3 Å². The minimum atomic E-state index is -2.88. The van der Waals surface area contributed by atoms with Crippen molar-refractivity contribution in [3.05, 3.63) is 35.0 Å². The number of aromatic nitrogens is 1. The van der Waals surface area contributed by atoms with Crippen LogP contribution in [0.3, 0.4) is 0 Å². The molecule has 0 fully saturated rings. The van der Waals surface area contributed by atoms with Gasteiger partial charge in [-0.25, -0.2) is 8.42 Å². The van der Waals surface area contributed by atoms with Crippen molar-refractivity contribution in [2.75, 3.05) is 12.0 Å². The van der Waals surface area contributed by atoms with Gasteiger partial charge in [-0.05, 0) is 37.1 Å². The van der Waals surface area contributed by atoms with Crippen molar-refractivity contribution >= 4 is 43.9 Å². The predicted octanol–water partition coefficient (Wildman–Crippen LogP) is 3.86. The molecule has 20 heavy (non-hydrogen) atoms. The minimum Gasteiger partial charge on any atom is -0.343 e. The second-order valence-corrected chi connectivity index (χ2v) is 7.92. The molecule has 0 unspecified atom stereocenters. The minimum absolute atomic E-state index is 0.230. The lowest BCUT2D eigenvalue weighted by atomic mass is 10.2. The van der Waals surface area contributed by atoms with Crippen LogP contribution in [0.4, 0.5) is 0 Å². The van der Waals surface area contributed by atoms with Gasteiger partial charge in [0.25, 0.3) is 0 Å². The fourth-order valence-corrected chi connectivity index (χ4v) is 3.44. The van der Waals surface area contributed by atoms with E-state index in [2.05, 4.69) is 4.57 Å². The van der Waals surface area contributed by atoms with E-state index in [-0.39, 0.29) is 5.75 Å². The Labute approximate surface area is 129 Å². The van der Waals surface area contributed by atoms with E-state index in [9.17, 15) is 8.42 Å². The maximum absolute atomic E-state index is 11.1. The Balaban J connectivity index is 2.16. The predicted molar refractivity (Wildman–Crippen MR) is 85.4 cm³/mol. The zero-order chi connectivity index (χ0) is 14.8. The van der Waals surface area contributed by atoms with Crippen molar-refractivity contribution in [2.45, 2.75) is 25.3 Å². The van der Waals surface area contributed by atoms with E-state index < -0.39 is 9.84 Å². The van der Waals surface area contributed by atoms with E-state index in [1.807, 2.05) is 24.3 Å². The first-order valence-corrected chi connectivity index (χ1v) is 9.39. The van der Waals surface area contributed by atoms with Crippen LogP contribution in [0.2, 0.25) is 5.02 Å². The molecule has 0 bridgehead atoms. The second kappa shape index (κ2) is 6.37. The van der Waals surface area contributed by atoms with Gasteiger partial charge in [-0.2, -0.15) is 0 Å². The van der Waals surface area contributed by atoms with Crippen molar-refractivity contribution in [1.29, 1.82) is 0 Å². The van der Waals surface area contributed by atoms with Crippen molar-refractivity contribution in [3.63, 3.8) is 0 Å². The summed E-state index contributed by atoms with van der Waals surface area (Å²) >= 11 is 12.0. The molecule has 0 spiro atoms. The van der Waals surface area contributed by atoms with E-state index in [1.54, 1.807) is 0 Å². The molecule has 2 aromatic rings. The van der Waals surface area contributed by atoms with Crippen molar-refractivity contribution < 1.29 is 8.42 Å². The first-order chi connectivity index (χ1) is 9.40. The van der Waals surface area contributed by atoms with Crippen LogP contribution in [-0.2, 0) is 22.3 Å². The summed E-state index contributed by atoms with van der Waals surface area (Å²) in [6.45, 7) is 0.767. The molecule has 0 aliphatic carbocycles. The highest BCUT2D eigenvalue weighted by atomic mass is 35.5. The molecule has 1 heterocycles. The third-order valence-corrected chi connectivity index (χ3v) is 4.77. The SMILES string of the molecule is CS(=O)(=O)CCCCn1c(CCl)cc2cc(Cl)ccc21. The number of unbranched alkanes of at least 4 members (excludes halogenated alkanes) is 1. The molecule has 0 radical (unpaired) electrons. The molecule has 2 rings (SSSR count). The molecule has 0 atom stereocenters. The molecule has 1 aromatic heterocycles. The number of nitrogens with zero attached hydrogens (tertiary/aromatic N) is 1. The van der Waals surface area contributed by atoms with Crippen LogP contribution >= 0.6 is 23.2 Å². The second-order valence-electron chi connectivity index (χ2n) is 4.96. The van der Waals surface area contributed by atoms with Crippen LogP contribution in [0.5, 0.6) is 0 Å². The van der Waals surface area contributed by atoms with Gasteiger partial charge in [0, 0.05) is 40.2 Å². The van der Waals surface area contributed by atoms with Gasteiger partial charge in [0.05, 0.1) is 5.88 Å². The number of sulfone groups is 1. The Morgan fingerprint density at radius 2 is 1.95 bits per heavy atom. The molecule has 0 N–H and O–H groups in total. The van der Waals surface area contributed by atoms with Crippen LogP contribution in [0, 0.1) is 0 Å². The molecule has 110 valence electrons. The standard InChI is InChI=1S/C14H17Cl2NO2S/c1-20(18,19)7-3-2-6-17-13(10-15)9-11-8-12(16)4-5-14(11)17/h4-5,8-9H,2-3,6-7,10H2,1H3. The summed E-state index contributed by atoms with van der Waals surface area (Å²) in [6.07, 6.45) is 2.74. The number of aryl methyl sites for hydroxylation is 1. The summed E-state index contributed by atoms with van der Waals surface area (Å²) in [7, 11) is -2.88. The summed E-state index contributed by atoms with van der Waals surface area (Å²) in [5.41, 5.74) is 2.12. The van der Waals surface area contributed by atoms with E-state index >= 15 is 0 Å². The highest BCUT2D eigenvalue weighted by Crippen LogP contribution is 2.25. The zero-order valence-corrected chi connectivity index (χ0v) is 13.6. The summed E-state index contributed by atoms with van der Waals surface area (Å²) < 4.78 is 24.4. The number of hydrogen-bond acceptors (Lipinski definition) is 2. The normalized spacial score (nSPS) is 12.2. The Morgan fingerprint density at radius 3 is 2.60 bits per heavy atom. The first-order valence-electron chi connectivity index (χ1n) is 6.42. The molecular weight excluding hydrogens is 317 g/mol. The zero-order valence-electron chi connectivity index (χ0n) is 11.3. The molecule has 0 saturated heterocycles.